The first-order valence-corrected chi connectivity index (χ1v) is 12.1. The minimum Gasteiger partial charge on any atom is -0.408 e. The third-order valence-corrected chi connectivity index (χ3v) is 6.58. The number of primary amides is 1. The average Bonchev–Trinajstić information content (AvgIpc) is 3.31. The zero-order valence-electron chi connectivity index (χ0n) is 21.0. The lowest BCUT2D eigenvalue weighted by atomic mass is 9.89. The number of oxazole rings is 1. The SMILES string of the molecule is CC(C)Cc1nc2c(c(-c3ccc4c(c3)oc(=O)n4Cc3ccc(C#N)c(F)c3)c1C(N)=O)C(=O)NC2C. The molecule has 2 aromatic heterocycles. The van der Waals surface area contributed by atoms with Gasteiger partial charge in [-0.3, -0.25) is 19.1 Å². The van der Waals surface area contributed by atoms with Crippen molar-refractivity contribution in [3.8, 4) is 17.2 Å². The number of nitriles is 1. The molecule has 3 heterocycles. The van der Waals surface area contributed by atoms with Crippen molar-refractivity contribution in [1.29, 1.82) is 5.26 Å². The number of nitrogens with two attached hydrogens (primary N) is 1. The van der Waals surface area contributed by atoms with Gasteiger partial charge in [-0.15, -0.1) is 0 Å². The van der Waals surface area contributed by atoms with Crippen LogP contribution in [0, 0.1) is 23.1 Å². The summed E-state index contributed by atoms with van der Waals surface area (Å²) in [5, 5.41) is 11.8. The quantitative estimate of drug-likeness (QED) is 0.401. The minimum absolute atomic E-state index is 0.0173. The van der Waals surface area contributed by atoms with E-state index in [0.717, 1.165) is 0 Å². The number of amides is 2. The lowest BCUT2D eigenvalue weighted by Crippen LogP contribution is -2.20. The molecule has 1 aliphatic heterocycles. The van der Waals surface area contributed by atoms with E-state index in [4.69, 9.17) is 15.4 Å². The number of aromatic nitrogens is 2. The predicted octanol–water partition coefficient (Wildman–Crippen LogP) is 3.82. The van der Waals surface area contributed by atoms with Gasteiger partial charge in [0.1, 0.15) is 11.9 Å². The summed E-state index contributed by atoms with van der Waals surface area (Å²) in [5.74, 6) is -2.24. The summed E-state index contributed by atoms with van der Waals surface area (Å²) >= 11 is 0. The minimum atomic E-state index is -0.708. The van der Waals surface area contributed by atoms with Gasteiger partial charge in [0.25, 0.3) is 11.8 Å². The molecule has 9 nitrogen and oxygen atoms in total. The smallest absolute Gasteiger partial charge is 0.408 e. The lowest BCUT2D eigenvalue weighted by Gasteiger charge is -2.17. The van der Waals surface area contributed by atoms with Crippen LogP contribution in [0.5, 0.6) is 0 Å². The van der Waals surface area contributed by atoms with Crippen LogP contribution in [0.15, 0.2) is 45.6 Å². The van der Waals surface area contributed by atoms with Crippen molar-refractivity contribution in [2.75, 3.05) is 0 Å². The summed E-state index contributed by atoms with van der Waals surface area (Å²) < 4.78 is 20.9. The van der Waals surface area contributed by atoms with Crippen LogP contribution in [-0.4, -0.2) is 21.4 Å². The molecule has 5 rings (SSSR count). The number of fused-ring (bicyclic) bond motifs is 2. The fourth-order valence-electron chi connectivity index (χ4n) is 4.93. The van der Waals surface area contributed by atoms with Gasteiger partial charge in [-0.25, -0.2) is 9.18 Å². The van der Waals surface area contributed by atoms with Crippen molar-refractivity contribution in [3.63, 3.8) is 0 Å². The van der Waals surface area contributed by atoms with Crippen molar-refractivity contribution >= 4 is 22.9 Å². The molecule has 0 radical (unpaired) electrons. The molecule has 1 unspecified atom stereocenters. The summed E-state index contributed by atoms with van der Waals surface area (Å²) in [7, 11) is 0. The van der Waals surface area contributed by atoms with Gasteiger partial charge in [0, 0.05) is 5.56 Å². The topological polar surface area (TPSA) is 144 Å². The number of nitrogens with one attached hydrogen (secondary N) is 1. The molecule has 10 heteroatoms. The van der Waals surface area contributed by atoms with Crippen LogP contribution in [0.4, 0.5) is 4.39 Å². The van der Waals surface area contributed by atoms with Crippen LogP contribution in [-0.2, 0) is 13.0 Å². The summed E-state index contributed by atoms with van der Waals surface area (Å²) in [6.07, 6.45) is 0.480. The van der Waals surface area contributed by atoms with Crippen LogP contribution in [0.25, 0.3) is 22.2 Å². The summed E-state index contributed by atoms with van der Waals surface area (Å²) in [4.78, 5) is 43.1. The van der Waals surface area contributed by atoms with Gasteiger partial charge in [0.2, 0.25) is 0 Å². The normalized spacial score (nSPS) is 14.5. The van der Waals surface area contributed by atoms with Crippen LogP contribution in [0.1, 0.15) is 70.0 Å². The second-order valence-electron chi connectivity index (χ2n) is 9.79. The third-order valence-electron chi connectivity index (χ3n) is 6.58. The molecule has 0 spiro atoms. The number of pyridine rings is 1. The number of carbonyl (C=O) groups is 2. The molecule has 0 aliphatic carbocycles. The number of benzene rings is 2. The average molecular weight is 514 g/mol. The number of carbonyl (C=O) groups excluding carboxylic acids is 2. The number of hydrogen-bond donors (Lipinski definition) is 2. The standard InChI is InChI=1S/C28H24FN5O4/c1-13(2)8-19-23(26(31)35)22(24-25(33-19)14(3)32-27(24)36)16-6-7-20-21(10-16)38-28(37)34(20)12-15-4-5-17(11-30)18(29)9-15/h4-7,9-10,13-14H,8,12H2,1-3H3,(H2,31,35)(H,32,36). The van der Waals surface area contributed by atoms with Gasteiger partial charge in [-0.2, -0.15) is 5.26 Å². The van der Waals surface area contributed by atoms with Gasteiger partial charge in [0.05, 0.1) is 46.2 Å². The van der Waals surface area contributed by atoms with E-state index >= 15 is 0 Å². The molecule has 38 heavy (non-hydrogen) atoms. The molecule has 2 amide bonds. The Hall–Kier alpha value is -4.78. The van der Waals surface area contributed by atoms with E-state index in [0.29, 0.717) is 40.0 Å². The van der Waals surface area contributed by atoms with Gasteiger partial charge < -0.3 is 15.5 Å². The summed E-state index contributed by atoms with van der Waals surface area (Å²) in [5.41, 5.74) is 9.17. The zero-order chi connectivity index (χ0) is 27.3. The van der Waals surface area contributed by atoms with Crippen LogP contribution in [0.2, 0.25) is 0 Å². The highest BCUT2D eigenvalue weighted by Gasteiger charge is 2.35. The molecule has 1 atom stereocenters. The first-order chi connectivity index (χ1) is 18.1. The molecule has 0 saturated heterocycles. The van der Waals surface area contributed by atoms with Gasteiger partial charge in [-0.05, 0) is 54.7 Å². The Kier molecular flexibility index (Phi) is 6.07. The van der Waals surface area contributed by atoms with Crippen molar-refractivity contribution in [3.05, 3.63) is 86.4 Å². The van der Waals surface area contributed by atoms with Crippen LogP contribution >= 0.6 is 0 Å². The molecule has 0 saturated carbocycles. The predicted molar refractivity (Wildman–Crippen MR) is 137 cm³/mol. The number of rotatable bonds is 6. The molecule has 0 fully saturated rings. The Labute approximate surface area is 216 Å². The number of hydrogen-bond acceptors (Lipinski definition) is 6. The first kappa shape index (κ1) is 24.9. The Balaban J connectivity index is 1.68. The zero-order valence-corrected chi connectivity index (χ0v) is 21.0. The molecule has 3 N–H and O–H groups in total. The van der Waals surface area contributed by atoms with Crippen molar-refractivity contribution in [1.82, 2.24) is 14.9 Å². The largest absolute Gasteiger partial charge is 0.420 e. The first-order valence-electron chi connectivity index (χ1n) is 12.1. The Morgan fingerprint density at radius 3 is 2.66 bits per heavy atom. The van der Waals surface area contributed by atoms with E-state index < -0.39 is 17.5 Å². The van der Waals surface area contributed by atoms with Crippen molar-refractivity contribution in [2.45, 2.75) is 39.8 Å². The lowest BCUT2D eigenvalue weighted by molar-refractivity contribution is 0.0959. The fraction of sp³-hybridized carbons (Fsp3) is 0.250. The van der Waals surface area contributed by atoms with E-state index in [1.807, 2.05) is 20.8 Å². The van der Waals surface area contributed by atoms with Crippen LogP contribution in [0.3, 0.4) is 0 Å². The van der Waals surface area contributed by atoms with Gasteiger partial charge in [-0.1, -0.05) is 26.0 Å². The maximum atomic E-state index is 14.1. The highest BCUT2D eigenvalue weighted by Crippen LogP contribution is 2.38. The van der Waals surface area contributed by atoms with E-state index in [9.17, 15) is 18.8 Å². The monoisotopic (exact) mass is 513 g/mol. The van der Waals surface area contributed by atoms with Crippen molar-refractivity contribution in [2.24, 2.45) is 11.7 Å². The number of halogens is 1. The Morgan fingerprint density at radius 2 is 2.00 bits per heavy atom. The van der Waals surface area contributed by atoms with E-state index in [2.05, 4.69) is 10.3 Å². The highest BCUT2D eigenvalue weighted by molar-refractivity contribution is 6.11. The summed E-state index contributed by atoms with van der Waals surface area (Å²) in [6, 6.07) is 10.5. The maximum absolute atomic E-state index is 14.1. The second kappa shape index (κ2) is 9.27. The number of nitrogens with zero attached hydrogens (tertiary/aromatic N) is 3. The second-order valence-corrected chi connectivity index (χ2v) is 9.79. The van der Waals surface area contributed by atoms with Gasteiger partial charge >= 0.3 is 5.76 Å². The molecule has 1 aliphatic rings. The molecule has 192 valence electrons. The van der Waals surface area contributed by atoms with Gasteiger partial charge in [0.15, 0.2) is 5.58 Å². The molecule has 0 bridgehead atoms. The molecular formula is C28H24FN5O4. The molecular weight excluding hydrogens is 489 g/mol. The maximum Gasteiger partial charge on any atom is 0.420 e. The fourth-order valence-corrected chi connectivity index (χ4v) is 4.93. The van der Waals surface area contributed by atoms with Crippen LogP contribution < -0.4 is 16.8 Å². The third kappa shape index (κ3) is 4.12. The molecule has 4 aromatic rings. The highest BCUT2D eigenvalue weighted by atomic mass is 19.1. The van der Waals surface area contributed by atoms with E-state index in [1.165, 1.54) is 16.7 Å². The molecule has 2 aromatic carbocycles. The Bertz CT molecular complexity index is 1740. The summed E-state index contributed by atoms with van der Waals surface area (Å²) in [6.45, 7) is 5.83. The van der Waals surface area contributed by atoms with E-state index in [-0.39, 0.29) is 46.7 Å². The van der Waals surface area contributed by atoms with Crippen molar-refractivity contribution < 1.29 is 18.4 Å². The Morgan fingerprint density at radius 1 is 1.24 bits per heavy atom. The van der Waals surface area contributed by atoms with E-state index in [1.54, 1.807) is 30.3 Å².